The van der Waals surface area contributed by atoms with Gasteiger partial charge in [0, 0.05) is 6.61 Å². The highest BCUT2D eigenvalue weighted by atomic mass is 16.2. The average Bonchev–Trinajstić information content (AvgIpc) is 2.30. The van der Waals surface area contributed by atoms with Crippen molar-refractivity contribution in [3.05, 3.63) is 23.3 Å². The summed E-state index contributed by atoms with van der Waals surface area (Å²) in [7, 11) is 0. The highest BCUT2D eigenvalue weighted by Crippen LogP contribution is 2.56. The second-order valence-electron chi connectivity index (χ2n) is 6.48. The second kappa shape index (κ2) is 4.97. The minimum atomic E-state index is 0.304. The largest absolute Gasteiger partial charge is 0.396 e. The van der Waals surface area contributed by atoms with Crippen LogP contribution in [0.25, 0.3) is 0 Å². The Morgan fingerprint density at radius 1 is 1.35 bits per heavy atom. The van der Waals surface area contributed by atoms with Gasteiger partial charge in [-0.3, -0.25) is 0 Å². The quantitative estimate of drug-likeness (QED) is 0.714. The highest BCUT2D eigenvalue weighted by Gasteiger charge is 2.47. The van der Waals surface area contributed by atoms with Crippen molar-refractivity contribution in [2.45, 2.75) is 52.9 Å². The third-order valence-corrected chi connectivity index (χ3v) is 4.81. The Labute approximate surface area is 106 Å². The molecule has 0 amide bonds. The standard InChI is InChI=1S/C16H26O/c1-12-5-4-6-13(9-10-17)14-11-16(2,3)15(14)8-7-12/h5-6,14-15,17H,4,7-11H2,1-3H3/b12-5-,13-6-. The molecule has 0 bridgehead atoms. The van der Waals surface area contributed by atoms with Gasteiger partial charge in [0.15, 0.2) is 0 Å². The zero-order valence-electron chi connectivity index (χ0n) is 11.5. The molecule has 2 atom stereocenters. The summed E-state index contributed by atoms with van der Waals surface area (Å²) in [5.41, 5.74) is 3.56. The fourth-order valence-electron chi connectivity index (χ4n) is 3.69. The average molecular weight is 234 g/mol. The first-order valence-corrected chi connectivity index (χ1v) is 7.00. The van der Waals surface area contributed by atoms with E-state index in [1.165, 1.54) is 30.4 Å². The maximum atomic E-state index is 9.20. The van der Waals surface area contributed by atoms with Gasteiger partial charge >= 0.3 is 0 Å². The van der Waals surface area contributed by atoms with E-state index in [0.717, 1.165) is 24.7 Å². The summed E-state index contributed by atoms with van der Waals surface area (Å²) in [6.07, 6.45) is 10.6. The lowest BCUT2D eigenvalue weighted by Crippen LogP contribution is -2.44. The van der Waals surface area contributed by atoms with Crippen molar-refractivity contribution in [3.8, 4) is 0 Å². The molecule has 0 aromatic carbocycles. The third-order valence-electron chi connectivity index (χ3n) is 4.81. The maximum absolute atomic E-state index is 9.20. The van der Waals surface area contributed by atoms with Gasteiger partial charge in [-0.25, -0.2) is 0 Å². The molecule has 2 unspecified atom stereocenters. The van der Waals surface area contributed by atoms with Gasteiger partial charge in [0.1, 0.15) is 0 Å². The van der Waals surface area contributed by atoms with Gasteiger partial charge in [-0.2, -0.15) is 0 Å². The van der Waals surface area contributed by atoms with Crippen molar-refractivity contribution in [1.82, 2.24) is 0 Å². The van der Waals surface area contributed by atoms with Crippen LogP contribution >= 0.6 is 0 Å². The maximum Gasteiger partial charge on any atom is 0.0468 e. The first-order chi connectivity index (χ1) is 8.04. The first-order valence-electron chi connectivity index (χ1n) is 7.00. The van der Waals surface area contributed by atoms with Crippen LogP contribution in [-0.2, 0) is 0 Å². The van der Waals surface area contributed by atoms with Crippen LogP contribution in [0.5, 0.6) is 0 Å². The van der Waals surface area contributed by atoms with Crippen LogP contribution in [0.4, 0.5) is 0 Å². The lowest BCUT2D eigenvalue weighted by molar-refractivity contribution is 0.00206. The molecule has 0 aromatic heterocycles. The molecule has 2 rings (SSSR count). The van der Waals surface area contributed by atoms with Crippen LogP contribution in [-0.4, -0.2) is 11.7 Å². The Balaban J connectivity index is 2.18. The molecule has 1 fully saturated rings. The zero-order valence-corrected chi connectivity index (χ0v) is 11.5. The fraction of sp³-hybridized carbons (Fsp3) is 0.750. The highest BCUT2D eigenvalue weighted by molar-refractivity contribution is 5.20. The molecular weight excluding hydrogens is 208 g/mol. The number of rotatable bonds is 2. The Morgan fingerprint density at radius 3 is 2.76 bits per heavy atom. The van der Waals surface area contributed by atoms with Gasteiger partial charge in [0.2, 0.25) is 0 Å². The van der Waals surface area contributed by atoms with Crippen molar-refractivity contribution in [2.75, 3.05) is 6.61 Å². The van der Waals surface area contributed by atoms with E-state index < -0.39 is 0 Å². The minimum absolute atomic E-state index is 0.304. The van der Waals surface area contributed by atoms with E-state index in [2.05, 4.69) is 32.9 Å². The molecule has 1 nitrogen and oxygen atoms in total. The van der Waals surface area contributed by atoms with Crippen LogP contribution in [0, 0.1) is 17.3 Å². The van der Waals surface area contributed by atoms with E-state index in [1.54, 1.807) is 0 Å². The van der Waals surface area contributed by atoms with Crippen LogP contribution in [0.3, 0.4) is 0 Å². The van der Waals surface area contributed by atoms with E-state index in [0.29, 0.717) is 12.0 Å². The van der Waals surface area contributed by atoms with Crippen LogP contribution in [0.2, 0.25) is 0 Å². The number of hydrogen-bond donors (Lipinski definition) is 1. The summed E-state index contributed by atoms with van der Waals surface area (Å²) in [5, 5.41) is 9.20. The summed E-state index contributed by atoms with van der Waals surface area (Å²) in [5.74, 6) is 1.57. The van der Waals surface area contributed by atoms with Gasteiger partial charge in [0.05, 0.1) is 0 Å². The van der Waals surface area contributed by atoms with Crippen LogP contribution < -0.4 is 0 Å². The SMILES string of the molecule is C/C1=C/C/C=C(/CCO)C2CC(C)(C)C2CC1. The third kappa shape index (κ3) is 2.65. The lowest BCUT2D eigenvalue weighted by atomic mass is 9.52. The van der Waals surface area contributed by atoms with Crippen molar-refractivity contribution < 1.29 is 5.11 Å². The van der Waals surface area contributed by atoms with Crippen molar-refractivity contribution in [2.24, 2.45) is 17.3 Å². The number of fused-ring (bicyclic) bond motifs is 1. The zero-order chi connectivity index (χ0) is 12.5. The summed E-state index contributed by atoms with van der Waals surface area (Å²) in [6.45, 7) is 7.37. The summed E-state index contributed by atoms with van der Waals surface area (Å²) < 4.78 is 0. The lowest BCUT2D eigenvalue weighted by Gasteiger charge is -2.53. The Morgan fingerprint density at radius 2 is 2.12 bits per heavy atom. The summed E-state index contributed by atoms with van der Waals surface area (Å²) >= 11 is 0. The van der Waals surface area contributed by atoms with Crippen LogP contribution in [0.15, 0.2) is 23.3 Å². The molecule has 1 saturated carbocycles. The van der Waals surface area contributed by atoms with Crippen LogP contribution in [0.1, 0.15) is 52.9 Å². The number of aliphatic hydroxyl groups is 1. The normalized spacial score (nSPS) is 38.4. The van der Waals surface area contributed by atoms with Gasteiger partial charge in [0.25, 0.3) is 0 Å². The van der Waals surface area contributed by atoms with Gasteiger partial charge in [-0.15, -0.1) is 0 Å². The van der Waals surface area contributed by atoms with E-state index in [4.69, 9.17) is 0 Å². The monoisotopic (exact) mass is 234 g/mol. The summed E-state index contributed by atoms with van der Waals surface area (Å²) in [4.78, 5) is 0. The molecule has 2 aliphatic carbocycles. The Bertz CT molecular complexity index is 335. The van der Waals surface area contributed by atoms with Crippen molar-refractivity contribution in [1.29, 1.82) is 0 Å². The molecule has 1 heteroatoms. The van der Waals surface area contributed by atoms with E-state index >= 15 is 0 Å². The topological polar surface area (TPSA) is 20.2 Å². The van der Waals surface area contributed by atoms with Crippen molar-refractivity contribution in [3.63, 3.8) is 0 Å². The molecule has 0 aliphatic heterocycles. The minimum Gasteiger partial charge on any atom is -0.396 e. The molecule has 2 aliphatic rings. The number of aliphatic hydroxyl groups excluding tert-OH is 1. The summed E-state index contributed by atoms with van der Waals surface area (Å²) in [6, 6.07) is 0. The Hall–Kier alpha value is -0.560. The van der Waals surface area contributed by atoms with Gasteiger partial charge in [-0.05, 0) is 56.3 Å². The molecule has 1 N–H and O–H groups in total. The number of hydrogen-bond acceptors (Lipinski definition) is 1. The van der Waals surface area contributed by atoms with E-state index in [1.807, 2.05) is 0 Å². The fourth-order valence-corrected chi connectivity index (χ4v) is 3.69. The molecule has 96 valence electrons. The number of allylic oxidation sites excluding steroid dienone is 3. The Kier molecular flexibility index (Phi) is 3.77. The second-order valence-corrected chi connectivity index (χ2v) is 6.48. The molecule has 0 aromatic rings. The molecular formula is C16H26O. The predicted octanol–water partition coefficient (Wildman–Crippen LogP) is 4.09. The van der Waals surface area contributed by atoms with Gasteiger partial charge in [-0.1, -0.05) is 37.1 Å². The predicted molar refractivity (Wildman–Crippen MR) is 72.8 cm³/mol. The van der Waals surface area contributed by atoms with E-state index in [-0.39, 0.29) is 0 Å². The molecule has 0 saturated heterocycles. The molecule has 0 radical (unpaired) electrons. The van der Waals surface area contributed by atoms with Crippen molar-refractivity contribution >= 4 is 0 Å². The smallest absolute Gasteiger partial charge is 0.0468 e. The molecule has 0 heterocycles. The van der Waals surface area contributed by atoms with Gasteiger partial charge < -0.3 is 5.11 Å². The molecule has 0 spiro atoms. The molecule has 17 heavy (non-hydrogen) atoms. The first kappa shape index (κ1) is 12.9. The van der Waals surface area contributed by atoms with E-state index in [9.17, 15) is 5.11 Å².